The maximum Gasteiger partial charge on any atom is 0.160 e. The van der Waals surface area contributed by atoms with Crippen molar-refractivity contribution in [3.63, 3.8) is 0 Å². The van der Waals surface area contributed by atoms with E-state index in [2.05, 4.69) is 30.2 Å². The van der Waals surface area contributed by atoms with E-state index in [1.54, 1.807) is 35.5 Å². The third-order valence-corrected chi connectivity index (χ3v) is 4.85. The maximum atomic E-state index is 12.6. The van der Waals surface area contributed by atoms with E-state index < -0.39 is 0 Å². The van der Waals surface area contributed by atoms with E-state index in [-0.39, 0.29) is 18.7 Å². The van der Waals surface area contributed by atoms with Gasteiger partial charge in [0.25, 0.3) is 0 Å². The molecule has 4 aromatic heterocycles. The van der Waals surface area contributed by atoms with Crippen molar-refractivity contribution in [1.82, 2.24) is 34.9 Å². The number of carbonyl (C=O) groups excluding carboxylic acids is 1. The molecule has 4 heterocycles. The number of ketones is 1. The third-order valence-electron chi connectivity index (χ3n) is 4.65. The number of nitrogens with zero attached hydrogens (tertiary/aromatic N) is 7. The van der Waals surface area contributed by atoms with Crippen LogP contribution >= 0.6 is 11.6 Å². The Hall–Kier alpha value is -3.52. The van der Waals surface area contributed by atoms with Gasteiger partial charge in [0.15, 0.2) is 5.78 Å². The lowest BCUT2D eigenvalue weighted by Gasteiger charge is -2.06. The van der Waals surface area contributed by atoms with Crippen LogP contribution in [-0.4, -0.2) is 40.7 Å². The molecule has 0 radical (unpaired) electrons. The second kappa shape index (κ2) is 8.46. The summed E-state index contributed by atoms with van der Waals surface area (Å²) in [5.74, 6) is 0.00378. The van der Waals surface area contributed by atoms with Gasteiger partial charge < -0.3 is 0 Å². The molecule has 8 nitrogen and oxygen atoms in total. The monoisotopic (exact) mass is 419 g/mol. The fraction of sp³-hybridized carbons (Fsp3) is 0.190. The van der Waals surface area contributed by atoms with Gasteiger partial charge in [0.2, 0.25) is 0 Å². The highest BCUT2D eigenvalue weighted by Crippen LogP contribution is 2.26. The quantitative estimate of drug-likeness (QED) is 0.472. The molecule has 0 aliphatic carbocycles. The number of hydrogen-bond donors (Lipinski definition) is 0. The zero-order chi connectivity index (χ0) is 21.1. The summed E-state index contributed by atoms with van der Waals surface area (Å²) in [4.78, 5) is 25.3. The first-order valence-electron chi connectivity index (χ1n) is 9.27. The minimum Gasteiger partial charge on any atom is -0.297 e. The van der Waals surface area contributed by atoms with Crippen LogP contribution in [0.25, 0.3) is 22.5 Å². The van der Waals surface area contributed by atoms with Gasteiger partial charge in [-0.15, -0.1) is 0 Å². The van der Waals surface area contributed by atoms with E-state index in [1.807, 2.05) is 26.0 Å². The summed E-state index contributed by atoms with van der Waals surface area (Å²) in [6.07, 6.45) is 8.31. The van der Waals surface area contributed by atoms with Gasteiger partial charge in [-0.05, 0) is 32.0 Å². The number of aryl methyl sites for hydroxylation is 1. The molecule has 0 aromatic carbocycles. The van der Waals surface area contributed by atoms with Crippen molar-refractivity contribution in [1.29, 1.82) is 0 Å². The van der Waals surface area contributed by atoms with Crippen LogP contribution in [0.1, 0.15) is 17.1 Å². The zero-order valence-corrected chi connectivity index (χ0v) is 17.2. The average Bonchev–Trinajstić information content (AvgIpc) is 3.02. The first kappa shape index (κ1) is 19.8. The molecule has 0 spiro atoms. The lowest BCUT2D eigenvalue weighted by atomic mass is 10.1. The number of rotatable bonds is 6. The van der Waals surface area contributed by atoms with Crippen molar-refractivity contribution in [2.24, 2.45) is 0 Å². The Bertz CT molecular complexity index is 1190. The molecule has 4 rings (SSSR count). The highest BCUT2D eigenvalue weighted by Gasteiger charge is 2.17. The Morgan fingerprint density at radius 3 is 2.63 bits per heavy atom. The molecule has 0 atom stereocenters. The molecule has 0 amide bonds. The van der Waals surface area contributed by atoms with Gasteiger partial charge in [0.05, 0.1) is 40.9 Å². The third kappa shape index (κ3) is 4.23. The molecule has 150 valence electrons. The van der Waals surface area contributed by atoms with Gasteiger partial charge >= 0.3 is 0 Å². The molecule has 0 unspecified atom stereocenters. The van der Waals surface area contributed by atoms with E-state index >= 15 is 0 Å². The predicted molar refractivity (Wildman–Crippen MR) is 112 cm³/mol. The summed E-state index contributed by atoms with van der Waals surface area (Å²) in [5, 5.41) is 13.0. The van der Waals surface area contributed by atoms with Crippen LogP contribution < -0.4 is 0 Å². The van der Waals surface area contributed by atoms with E-state index in [1.165, 1.54) is 6.20 Å². The zero-order valence-electron chi connectivity index (χ0n) is 16.4. The van der Waals surface area contributed by atoms with Gasteiger partial charge in [-0.25, -0.2) is 0 Å². The molecule has 30 heavy (non-hydrogen) atoms. The van der Waals surface area contributed by atoms with Crippen LogP contribution in [0.2, 0.25) is 5.02 Å². The largest absolute Gasteiger partial charge is 0.297 e. The Labute approximate surface area is 178 Å². The molecule has 0 saturated heterocycles. The summed E-state index contributed by atoms with van der Waals surface area (Å²) in [7, 11) is 0. The van der Waals surface area contributed by atoms with Crippen LogP contribution in [0.5, 0.6) is 0 Å². The van der Waals surface area contributed by atoms with Crippen molar-refractivity contribution in [3.8, 4) is 22.5 Å². The molecule has 0 bridgehead atoms. The number of pyridine rings is 1. The van der Waals surface area contributed by atoms with Crippen LogP contribution in [0.4, 0.5) is 0 Å². The van der Waals surface area contributed by atoms with Crippen molar-refractivity contribution in [3.05, 3.63) is 71.3 Å². The Balaban J connectivity index is 1.48. The van der Waals surface area contributed by atoms with E-state index in [0.29, 0.717) is 16.4 Å². The highest BCUT2D eigenvalue weighted by molar-refractivity contribution is 6.30. The van der Waals surface area contributed by atoms with E-state index in [9.17, 15) is 4.79 Å². The molecular weight excluding hydrogens is 402 g/mol. The smallest absolute Gasteiger partial charge is 0.160 e. The maximum absolute atomic E-state index is 12.6. The minimum absolute atomic E-state index is 0.00378. The molecule has 0 aliphatic heterocycles. The highest BCUT2D eigenvalue weighted by atomic mass is 35.5. The second-order valence-electron chi connectivity index (χ2n) is 6.81. The number of Topliss-reactive ketones (excluding diaryl/α,β-unsaturated/α-hetero) is 1. The van der Waals surface area contributed by atoms with Gasteiger partial charge in [0.1, 0.15) is 6.54 Å². The summed E-state index contributed by atoms with van der Waals surface area (Å²) in [6, 6.07) is 5.45. The minimum atomic E-state index is 0.00378. The molecular formula is C21H18ClN7O. The second-order valence-corrected chi connectivity index (χ2v) is 7.24. The van der Waals surface area contributed by atoms with Gasteiger partial charge in [-0.3, -0.25) is 24.4 Å². The van der Waals surface area contributed by atoms with Gasteiger partial charge in [-0.2, -0.15) is 15.3 Å². The van der Waals surface area contributed by atoms with Gasteiger partial charge in [-0.1, -0.05) is 11.6 Å². The van der Waals surface area contributed by atoms with Crippen molar-refractivity contribution < 1.29 is 4.79 Å². The van der Waals surface area contributed by atoms with Crippen molar-refractivity contribution in [2.45, 2.75) is 26.8 Å². The Morgan fingerprint density at radius 2 is 1.93 bits per heavy atom. The summed E-state index contributed by atoms with van der Waals surface area (Å²) in [6.45, 7) is 3.92. The van der Waals surface area contributed by atoms with Crippen LogP contribution in [0.3, 0.4) is 0 Å². The van der Waals surface area contributed by atoms with Crippen LogP contribution in [0, 0.1) is 13.8 Å². The number of carbonyl (C=O) groups is 1. The van der Waals surface area contributed by atoms with Crippen LogP contribution in [-0.2, 0) is 17.8 Å². The molecule has 0 saturated carbocycles. The molecule has 0 fully saturated rings. The first-order chi connectivity index (χ1) is 14.5. The number of hydrogen-bond acceptors (Lipinski definition) is 7. The van der Waals surface area contributed by atoms with E-state index in [0.717, 1.165) is 28.2 Å². The molecule has 4 aromatic rings. The van der Waals surface area contributed by atoms with Crippen molar-refractivity contribution >= 4 is 17.4 Å². The normalized spacial score (nSPS) is 10.9. The summed E-state index contributed by atoms with van der Waals surface area (Å²) >= 11 is 6.03. The first-order valence-corrected chi connectivity index (χ1v) is 9.64. The summed E-state index contributed by atoms with van der Waals surface area (Å²) in [5.41, 5.74) is 5.36. The fourth-order valence-electron chi connectivity index (χ4n) is 3.24. The van der Waals surface area contributed by atoms with Crippen LogP contribution in [0.15, 0.2) is 49.2 Å². The standard InChI is InChI=1S/C21H18ClN7O/c1-13-21(19-7-16(22)10-26-27-19)14(2)29(28-13)12-18(30)8-17-4-3-15(9-25-17)20-11-23-5-6-24-20/h3-7,9-11H,8,12H2,1-2H3. The molecule has 0 aliphatic rings. The lowest BCUT2D eigenvalue weighted by molar-refractivity contribution is -0.119. The molecule has 9 heteroatoms. The average molecular weight is 420 g/mol. The number of halogens is 1. The number of aromatic nitrogens is 7. The topological polar surface area (TPSA) is 99.3 Å². The SMILES string of the molecule is Cc1nn(CC(=O)Cc2ccc(-c3cnccn3)cn2)c(C)c1-c1cc(Cl)cnn1. The van der Waals surface area contributed by atoms with E-state index in [4.69, 9.17) is 11.6 Å². The summed E-state index contributed by atoms with van der Waals surface area (Å²) < 4.78 is 1.68. The van der Waals surface area contributed by atoms with Crippen molar-refractivity contribution in [2.75, 3.05) is 0 Å². The predicted octanol–water partition coefficient (Wildman–Crippen LogP) is 3.27. The Kier molecular flexibility index (Phi) is 5.58. The van der Waals surface area contributed by atoms with Gasteiger partial charge in [0, 0.05) is 41.1 Å². The lowest BCUT2D eigenvalue weighted by Crippen LogP contribution is -2.15. The fourth-order valence-corrected chi connectivity index (χ4v) is 3.39. The molecule has 0 N–H and O–H groups in total. The Morgan fingerprint density at radius 1 is 1.07 bits per heavy atom.